The van der Waals surface area contributed by atoms with Crippen LogP contribution in [-0.2, 0) is 0 Å². The maximum absolute atomic E-state index is 8.78. The molecule has 0 amide bonds. The summed E-state index contributed by atoms with van der Waals surface area (Å²) >= 11 is 0. The molecular weight excluding hydrogens is 138 g/mol. The van der Waals surface area contributed by atoms with Gasteiger partial charge in [-0.3, -0.25) is 4.90 Å². The summed E-state index contributed by atoms with van der Waals surface area (Å²) in [4.78, 5) is 1.18. The minimum absolute atomic E-state index is 0.0729. The van der Waals surface area contributed by atoms with Crippen molar-refractivity contribution in [2.75, 3.05) is 26.6 Å². The molecule has 0 spiro atoms. The molecule has 62 valence electrons. The van der Waals surface area contributed by atoms with E-state index >= 15 is 0 Å². The van der Waals surface area contributed by atoms with E-state index in [1.54, 1.807) is 0 Å². The number of nitrogens with zero attached hydrogens (tertiary/aromatic N) is 1. The average Bonchev–Trinajstić information content (AvgIpc) is 1.99. The maximum Gasteiger partial charge on any atom is 0.0975 e. The molecule has 10 heavy (non-hydrogen) atoms. The summed E-state index contributed by atoms with van der Waals surface area (Å²) in [6.45, 7) is -0.943. The Balaban J connectivity index is 3.41. The van der Waals surface area contributed by atoms with Crippen LogP contribution in [0.15, 0.2) is 0 Å². The first-order valence-corrected chi connectivity index (χ1v) is 2.97. The second-order valence-corrected chi connectivity index (χ2v) is 1.97. The lowest BCUT2D eigenvalue weighted by molar-refractivity contribution is -0.0164. The largest absolute Gasteiger partial charge is 0.394 e. The van der Waals surface area contributed by atoms with Crippen LogP contribution in [0, 0.1) is 0 Å². The minimum atomic E-state index is -0.903. The van der Waals surface area contributed by atoms with E-state index in [1.165, 1.54) is 4.90 Å². The van der Waals surface area contributed by atoms with Crippen LogP contribution in [0.4, 0.5) is 0 Å². The molecule has 0 rings (SSSR count). The molecule has 0 saturated heterocycles. The Bertz CT molecular complexity index is 76.0. The Labute approximate surface area is 59.1 Å². The number of rotatable bonds is 5. The molecule has 1 unspecified atom stereocenters. The first-order valence-electron chi connectivity index (χ1n) is 2.97. The van der Waals surface area contributed by atoms with Crippen LogP contribution < -0.4 is 0 Å². The second kappa shape index (κ2) is 5.57. The Morgan fingerprint density at radius 3 is 1.90 bits per heavy atom. The van der Waals surface area contributed by atoms with E-state index in [4.69, 9.17) is 20.4 Å². The predicted octanol–water partition coefficient (Wildman–Crippen LogP) is -2.46. The highest BCUT2D eigenvalue weighted by Gasteiger charge is 2.07. The molecule has 0 aromatic rings. The molecule has 5 nitrogen and oxygen atoms in total. The zero-order valence-electron chi connectivity index (χ0n) is 5.64. The van der Waals surface area contributed by atoms with Gasteiger partial charge >= 0.3 is 0 Å². The number of aliphatic hydroxyl groups is 4. The number of hydrogen-bond acceptors (Lipinski definition) is 5. The highest BCUT2D eigenvalue weighted by molar-refractivity contribution is 4.56. The normalized spacial score (nSPS) is 14.1. The summed E-state index contributed by atoms with van der Waals surface area (Å²) < 4.78 is 0. The molecule has 0 aliphatic carbocycles. The second-order valence-electron chi connectivity index (χ2n) is 1.97. The van der Waals surface area contributed by atoms with Crippen LogP contribution in [0.3, 0.4) is 0 Å². The van der Waals surface area contributed by atoms with Gasteiger partial charge in [-0.15, -0.1) is 0 Å². The van der Waals surface area contributed by atoms with Gasteiger partial charge in [-0.1, -0.05) is 0 Å². The molecule has 0 aromatic carbocycles. The quantitative estimate of drug-likeness (QED) is 0.328. The standard InChI is InChI=1S/C5H13NO4/c7-2-5(10)1-6(3-8)4-9/h5,7-10H,1-4H2. The molecule has 0 aliphatic rings. The fourth-order valence-electron chi connectivity index (χ4n) is 0.516. The van der Waals surface area contributed by atoms with Crippen LogP contribution in [0.5, 0.6) is 0 Å². The first kappa shape index (κ1) is 9.80. The number of hydrogen-bond donors (Lipinski definition) is 4. The monoisotopic (exact) mass is 151 g/mol. The highest BCUT2D eigenvalue weighted by Crippen LogP contribution is 1.87. The Hall–Kier alpha value is -0.200. The Kier molecular flexibility index (Phi) is 5.46. The van der Waals surface area contributed by atoms with Crippen LogP contribution >= 0.6 is 0 Å². The summed E-state index contributed by atoms with van der Waals surface area (Å²) in [6.07, 6.45) is -0.903. The van der Waals surface area contributed by atoms with Gasteiger partial charge in [0.1, 0.15) is 0 Å². The van der Waals surface area contributed by atoms with Gasteiger partial charge in [0.15, 0.2) is 0 Å². The average molecular weight is 151 g/mol. The van der Waals surface area contributed by atoms with E-state index in [-0.39, 0.29) is 26.6 Å². The van der Waals surface area contributed by atoms with E-state index in [2.05, 4.69) is 0 Å². The third-order valence-corrected chi connectivity index (χ3v) is 1.08. The molecule has 4 N–H and O–H groups in total. The van der Waals surface area contributed by atoms with Gasteiger partial charge in [-0.05, 0) is 0 Å². The van der Waals surface area contributed by atoms with E-state index in [1.807, 2.05) is 0 Å². The summed E-state index contributed by atoms with van der Waals surface area (Å²) in [5.74, 6) is 0. The summed E-state index contributed by atoms with van der Waals surface area (Å²) in [5, 5.41) is 34.0. The lowest BCUT2D eigenvalue weighted by Crippen LogP contribution is -2.35. The fourth-order valence-corrected chi connectivity index (χ4v) is 0.516. The molecule has 0 heterocycles. The van der Waals surface area contributed by atoms with E-state index in [0.717, 1.165) is 0 Å². The summed E-state index contributed by atoms with van der Waals surface area (Å²) in [5.41, 5.74) is 0. The summed E-state index contributed by atoms with van der Waals surface area (Å²) in [6, 6.07) is 0. The van der Waals surface area contributed by atoms with Crippen molar-refractivity contribution in [3.05, 3.63) is 0 Å². The Morgan fingerprint density at radius 1 is 1.10 bits per heavy atom. The van der Waals surface area contributed by atoms with E-state index in [9.17, 15) is 0 Å². The highest BCUT2D eigenvalue weighted by atomic mass is 16.3. The van der Waals surface area contributed by atoms with Gasteiger partial charge in [-0.2, -0.15) is 0 Å². The molecule has 0 saturated carbocycles. The third-order valence-electron chi connectivity index (χ3n) is 1.08. The molecule has 1 atom stereocenters. The van der Waals surface area contributed by atoms with E-state index < -0.39 is 6.10 Å². The molecule has 0 fully saturated rings. The van der Waals surface area contributed by atoms with Gasteiger partial charge < -0.3 is 20.4 Å². The first-order chi connectivity index (χ1) is 4.74. The lowest BCUT2D eigenvalue weighted by Gasteiger charge is -2.18. The van der Waals surface area contributed by atoms with Crippen molar-refractivity contribution in [1.82, 2.24) is 4.90 Å². The molecular formula is C5H13NO4. The fraction of sp³-hybridized carbons (Fsp3) is 1.00. The van der Waals surface area contributed by atoms with Gasteiger partial charge in [-0.25, -0.2) is 0 Å². The molecule has 0 radical (unpaired) electrons. The van der Waals surface area contributed by atoms with Crippen molar-refractivity contribution in [3.8, 4) is 0 Å². The number of aliphatic hydroxyl groups excluding tert-OH is 4. The predicted molar refractivity (Wildman–Crippen MR) is 34.0 cm³/mol. The van der Waals surface area contributed by atoms with Crippen LogP contribution in [-0.4, -0.2) is 58.0 Å². The summed E-state index contributed by atoms with van der Waals surface area (Å²) in [7, 11) is 0. The van der Waals surface area contributed by atoms with Gasteiger partial charge in [0.05, 0.1) is 26.2 Å². The molecule has 0 aliphatic heterocycles. The maximum atomic E-state index is 8.78. The van der Waals surface area contributed by atoms with Crippen LogP contribution in [0.2, 0.25) is 0 Å². The molecule has 0 bridgehead atoms. The van der Waals surface area contributed by atoms with Crippen molar-refractivity contribution in [2.45, 2.75) is 6.10 Å². The third kappa shape index (κ3) is 3.76. The van der Waals surface area contributed by atoms with Crippen molar-refractivity contribution in [2.24, 2.45) is 0 Å². The van der Waals surface area contributed by atoms with E-state index in [0.29, 0.717) is 0 Å². The van der Waals surface area contributed by atoms with Gasteiger partial charge in [0.25, 0.3) is 0 Å². The van der Waals surface area contributed by atoms with Crippen LogP contribution in [0.25, 0.3) is 0 Å². The minimum Gasteiger partial charge on any atom is -0.394 e. The molecule has 5 heteroatoms. The van der Waals surface area contributed by atoms with Gasteiger partial charge in [0, 0.05) is 6.54 Å². The molecule has 0 aromatic heterocycles. The van der Waals surface area contributed by atoms with Crippen molar-refractivity contribution < 1.29 is 20.4 Å². The SMILES string of the molecule is OCC(O)CN(CO)CO. The zero-order valence-corrected chi connectivity index (χ0v) is 5.64. The topological polar surface area (TPSA) is 84.2 Å². The lowest BCUT2D eigenvalue weighted by atomic mass is 10.3. The van der Waals surface area contributed by atoms with Crippen molar-refractivity contribution in [3.63, 3.8) is 0 Å². The smallest absolute Gasteiger partial charge is 0.0975 e. The van der Waals surface area contributed by atoms with Gasteiger partial charge in [0.2, 0.25) is 0 Å². The van der Waals surface area contributed by atoms with Crippen molar-refractivity contribution >= 4 is 0 Å². The zero-order chi connectivity index (χ0) is 7.98. The Morgan fingerprint density at radius 2 is 1.60 bits per heavy atom. The van der Waals surface area contributed by atoms with Crippen LogP contribution in [0.1, 0.15) is 0 Å². The van der Waals surface area contributed by atoms with Crippen molar-refractivity contribution in [1.29, 1.82) is 0 Å².